The summed E-state index contributed by atoms with van der Waals surface area (Å²) in [5.41, 5.74) is 2.35. The maximum absolute atomic E-state index is 12.4. The molecule has 7 nitrogen and oxygen atoms in total. The Bertz CT molecular complexity index is 535. The van der Waals surface area contributed by atoms with Crippen LogP contribution in [0.5, 0.6) is 0 Å². The van der Waals surface area contributed by atoms with E-state index >= 15 is 0 Å². The van der Waals surface area contributed by atoms with E-state index in [4.69, 9.17) is 5.84 Å². The number of nitrogens with one attached hydrogen (secondary N) is 2. The molecule has 4 N–H and O–H groups in total. The number of sulfonamides is 1. The van der Waals surface area contributed by atoms with Gasteiger partial charge in [0, 0.05) is 24.8 Å². The van der Waals surface area contributed by atoms with E-state index in [0.717, 1.165) is 6.42 Å². The molecule has 1 atom stereocenters. The molecule has 1 aromatic heterocycles. The molecule has 0 bridgehead atoms. The SMILES string of the molecule is CC(C)CC(CN(C)C)NS(=O)(=O)c1ccnc(NN)c1. The van der Waals surface area contributed by atoms with Gasteiger partial charge in [0.1, 0.15) is 5.82 Å². The summed E-state index contributed by atoms with van der Waals surface area (Å²) in [7, 11) is 0.247. The molecule has 0 aliphatic heterocycles. The summed E-state index contributed by atoms with van der Waals surface area (Å²) in [6.45, 7) is 4.78. The van der Waals surface area contributed by atoms with Gasteiger partial charge >= 0.3 is 0 Å². The first-order valence-electron chi connectivity index (χ1n) is 6.84. The summed E-state index contributed by atoms with van der Waals surface area (Å²) >= 11 is 0. The highest BCUT2D eigenvalue weighted by atomic mass is 32.2. The van der Waals surface area contributed by atoms with E-state index in [2.05, 4.69) is 29.0 Å². The van der Waals surface area contributed by atoms with Crippen molar-refractivity contribution >= 4 is 15.8 Å². The first kappa shape index (κ1) is 17.8. The van der Waals surface area contributed by atoms with Crippen LogP contribution < -0.4 is 16.0 Å². The number of likely N-dealkylation sites (N-methyl/N-ethyl adjacent to an activating group) is 1. The molecular formula is C13H25N5O2S. The summed E-state index contributed by atoms with van der Waals surface area (Å²) in [4.78, 5) is 6.03. The number of nitrogens with two attached hydrogens (primary N) is 1. The molecule has 0 spiro atoms. The Hall–Kier alpha value is -1.22. The van der Waals surface area contributed by atoms with Crippen LogP contribution in [0.1, 0.15) is 20.3 Å². The van der Waals surface area contributed by atoms with Crippen molar-refractivity contribution in [2.24, 2.45) is 11.8 Å². The highest BCUT2D eigenvalue weighted by Crippen LogP contribution is 2.14. The fourth-order valence-corrected chi connectivity index (χ4v) is 3.37. The van der Waals surface area contributed by atoms with Gasteiger partial charge in [-0.15, -0.1) is 0 Å². The Morgan fingerprint density at radius 3 is 2.57 bits per heavy atom. The summed E-state index contributed by atoms with van der Waals surface area (Å²) in [6.07, 6.45) is 2.18. The molecule has 0 aromatic carbocycles. The van der Waals surface area contributed by atoms with Crippen molar-refractivity contribution in [3.05, 3.63) is 18.3 Å². The monoisotopic (exact) mass is 315 g/mol. The van der Waals surface area contributed by atoms with Crippen molar-refractivity contribution < 1.29 is 8.42 Å². The number of hydrogen-bond acceptors (Lipinski definition) is 6. The number of hydrogen-bond donors (Lipinski definition) is 3. The molecule has 0 aliphatic carbocycles. The van der Waals surface area contributed by atoms with Gasteiger partial charge in [0.2, 0.25) is 10.0 Å². The van der Waals surface area contributed by atoms with Crippen molar-refractivity contribution in [2.75, 3.05) is 26.1 Å². The first-order chi connectivity index (χ1) is 9.74. The lowest BCUT2D eigenvalue weighted by Crippen LogP contribution is -2.42. The molecule has 0 fully saturated rings. The largest absolute Gasteiger partial charge is 0.308 e. The normalized spacial score (nSPS) is 13.7. The molecule has 0 saturated heterocycles. The third-order valence-electron chi connectivity index (χ3n) is 2.85. The lowest BCUT2D eigenvalue weighted by molar-refractivity contribution is 0.329. The second-order valence-electron chi connectivity index (χ2n) is 5.73. The Kier molecular flexibility index (Phi) is 6.53. The Morgan fingerprint density at radius 1 is 1.38 bits per heavy atom. The van der Waals surface area contributed by atoms with Crippen LogP contribution in [-0.2, 0) is 10.0 Å². The van der Waals surface area contributed by atoms with Gasteiger partial charge in [-0.05, 0) is 32.5 Å². The van der Waals surface area contributed by atoms with Crippen LogP contribution in [0, 0.1) is 5.92 Å². The van der Waals surface area contributed by atoms with E-state index < -0.39 is 10.0 Å². The molecule has 8 heteroatoms. The molecule has 120 valence electrons. The van der Waals surface area contributed by atoms with Crippen LogP contribution in [-0.4, -0.2) is 45.0 Å². The molecule has 0 radical (unpaired) electrons. The van der Waals surface area contributed by atoms with Crippen LogP contribution >= 0.6 is 0 Å². The summed E-state index contributed by atoms with van der Waals surface area (Å²) in [6, 6.07) is 2.71. The quantitative estimate of drug-likeness (QED) is 0.480. The minimum absolute atomic E-state index is 0.146. The topological polar surface area (TPSA) is 100 Å². The predicted octanol–water partition coefficient (Wildman–Crippen LogP) is 0.622. The Balaban J connectivity index is 2.93. The molecule has 21 heavy (non-hydrogen) atoms. The predicted molar refractivity (Wildman–Crippen MR) is 84.2 cm³/mol. The highest BCUT2D eigenvalue weighted by molar-refractivity contribution is 7.89. The van der Waals surface area contributed by atoms with Gasteiger partial charge in [-0.3, -0.25) is 0 Å². The Labute approximate surface area is 127 Å². The molecule has 1 heterocycles. The van der Waals surface area contributed by atoms with Gasteiger partial charge < -0.3 is 10.3 Å². The van der Waals surface area contributed by atoms with Crippen LogP contribution in [0.4, 0.5) is 5.82 Å². The molecule has 1 rings (SSSR count). The smallest absolute Gasteiger partial charge is 0.241 e. The zero-order valence-corrected chi connectivity index (χ0v) is 13.8. The summed E-state index contributed by atoms with van der Waals surface area (Å²) < 4.78 is 27.7. The summed E-state index contributed by atoms with van der Waals surface area (Å²) in [5.74, 6) is 5.97. The highest BCUT2D eigenvalue weighted by Gasteiger charge is 2.21. The molecule has 1 unspecified atom stereocenters. The molecule has 0 aliphatic rings. The van der Waals surface area contributed by atoms with E-state index in [9.17, 15) is 8.42 Å². The van der Waals surface area contributed by atoms with Crippen LogP contribution in [0.2, 0.25) is 0 Å². The second kappa shape index (κ2) is 7.69. The average Bonchev–Trinajstić information content (AvgIpc) is 2.36. The fourth-order valence-electron chi connectivity index (χ4n) is 2.11. The van der Waals surface area contributed by atoms with Gasteiger partial charge in [0.05, 0.1) is 4.90 Å². The van der Waals surface area contributed by atoms with Gasteiger partial charge in [0.25, 0.3) is 0 Å². The van der Waals surface area contributed by atoms with Crippen molar-refractivity contribution in [3.8, 4) is 0 Å². The maximum atomic E-state index is 12.4. The number of aromatic nitrogens is 1. The van der Waals surface area contributed by atoms with E-state index in [1.165, 1.54) is 18.3 Å². The van der Waals surface area contributed by atoms with E-state index in [1.807, 2.05) is 19.0 Å². The standard InChI is InChI=1S/C13H25N5O2S/c1-10(2)7-11(9-18(3)4)17-21(19,20)12-5-6-15-13(8-12)16-14/h5-6,8,10-11,17H,7,9,14H2,1-4H3,(H,15,16). The molecule has 0 saturated carbocycles. The second-order valence-corrected chi connectivity index (χ2v) is 7.45. The third-order valence-corrected chi connectivity index (χ3v) is 4.37. The summed E-state index contributed by atoms with van der Waals surface area (Å²) in [5, 5.41) is 0. The third kappa shape index (κ3) is 5.96. The zero-order valence-electron chi connectivity index (χ0n) is 13.0. The van der Waals surface area contributed by atoms with Crippen LogP contribution in [0.25, 0.3) is 0 Å². The minimum Gasteiger partial charge on any atom is -0.308 e. The number of pyridine rings is 1. The lowest BCUT2D eigenvalue weighted by Gasteiger charge is -2.23. The zero-order chi connectivity index (χ0) is 16.0. The molecule has 0 amide bonds. The fraction of sp³-hybridized carbons (Fsp3) is 0.615. The number of nitrogen functional groups attached to an aromatic ring is 1. The number of rotatable bonds is 8. The maximum Gasteiger partial charge on any atom is 0.241 e. The minimum atomic E-state index is -3.60. The van der Waals surface area contributed by atoms with Crippen LogP contribution in [0.15, 0.2) is 23.2 Å². The molecule has 1 aromatic rings. The van der Waals surface area contributed by atoms with Crippen molar-refractivity contribution in [3.63, 3.8) is 0 Å². The van der Waals surface area contributed by atoms with Gasteiger partial charge in [-0.2, -0.15) is 0 Å². The van der Waals surface area contributed by atoms with Gasteiger partial charge in [-0.25, -0.2) is 24.0 Å². The first-order valence-corrected chi connectivity index (χ1v) is 8.32. The van der Waals surface area contributed by atoms with E-state index in [0.29, 0.717) is 18.3 Å². The number of hydrazine groups is 1. The van der Waals surface area contributed by atoms with Crippen LogP contribution in [0.3, 0.4) is 0 Å². The number of anilines is 1. The van der Waals surface area contributed by atoms with Crippen molar-refractivity contribution in [1.29, 1.82) is 0 Å². The molecular weight excluding hydrogens is 290 g/mol. The van der Waals surface area contributed by atoms with E-state index in [-0.39, 0.29) is 10.9 Å². The number of nitrogens with zero attached hydrogens (tertiary/aromatic N) is 2. The van der Waals surface area contributed by atoms with E-state index in [1.54, 1.807) is 0 Å². The lowest BCUT2D eigenvalue weighted by atomic mass is 10.0. The Morgan fingerprint density at radius 2 is 2.05 bits per heavy atom. The van der Waals surface area contributed by atoms with Gasteiger partial charge in [0.15, 0.2) is 0 Å². The average molecular weight is 315 g/mol. The van der Waals surface area contributed by atoms with Crippen molar-refractivity contribution in [1.82, 2.24) is 14.6 Å². The van der Waals surface area contributed by atoms with Crippen molar-refractivity contribution in [2.45, 2.75) is 31.2 Å². The van der Waals surface area contributed by atoms with Gasteiger partial charge in [-0.1, -0.05) is 13.8 Å².